The molecule has 146 valence electrons. The van der Waals surface area contributed by atoms with Crippen LogP contribution in [0.15, 0.2) is 42.5 Å². The van der Waals surface area contributed by atoms with Crippen molar-refractivity contribution < 1.29 is 14.8 Å². The van der Waals surface area contributed by atoms with E-state index in [1.54, 1.807) is 0 Å². The van der Waals surface area contributed by atoms with Gasteiger partial charge in [0.15, 0.2) is 5.75 Å². The molecule has 8 heteroatoms. The van der Waals surface area contributed by atoms with Gasteiger partial charge in [-0.3, -0.25) is 10.1 Å². The number of unbranched alkanes of at least 4 members (excludes halogenated alkanes) is 1. The van der Waals surface area contributed by atoms with Crippen LogP contribution in [0.2, 0.25) is 0 Å². The second kappa shape index (κ2) is 8.62. The lowest BCUT2D eigenvalue weighted by atomic mass is 9.94. The predicted molar refractivity (Wildman–Crippen MR) is 106 cm³/mol. The van der Waals surface area contributed by atoms with Crippen LogP contribution in [0.3, 0.4) is 0 Å². The number of ether oxygens (including phenoxy) is 1. The van der Waals surface area contributed by atoms with Crippen molar-refractivity contribution in [1.82, 2.24) is 9.97 Å². The summed E-state index contributed by atoms with van der Waals surface area (Å²) in [5.74, 6) is 0.113. The molecule has 0 bridgehead atoms. The average molecular weight is 382 g/mol. The summed E-state index contributed by atoms with van der Waals surface area (Å²) < 4.78 is 5.58. The lowest BCUT2D eigenvalue weighted by Gasteiger charge is -2.15. The molecule has 1 atom stereocenters. The number of nitro groups is 1. The molecule has 0 aliphatic heterocycles. The summed E-state index contributed by atoms with van der Waals surface area (Å²) in [6, 6.07) is 12.7. The van der Waals surface area contributed by atoms with Crippen LogP contribution in [-0.2, 0) is 0 Å². The van der Waals surface area contributed by atoms with Crippen molar-refractivity contribution in [2.45, 2.75) is 25.7 Å². The van der Waals surface area contributed by atoms with Crippen LogP contribution in [0.4, 0.5) is 11.6 Å². The monoisotopic (exact) mass is 382 g/mol. The van der Waals surface area contributed by atoms with Crippen LogP contribution in [-0.4, -0.2) is 33.2 Å². The third-order valence-corrected chi connectivity index (χ3v) is 4.54. The molecule has 8 nitrogen and oxygen atoms in total. The van der Waals surface area contributed by atoms with Crippen molar-refractivity contribution in [2.75, 3.05) is 18.9 Å². The number of rotatable bonds is 8. The molecular weight excluding hydrogens is 360 g/mol. The molecule has 3 rings (SSSR count). The molecule has 0 aliphatic rings. The quantitative estimate of drug-likeness (QED) is 0.347. The molecule has 0 spiro atoms. The number of aliphatic hydroxyl groups excluding tert-OH is 1. The second-order valence-corrected chi connectivity index (χ2v) is 6.47. The number of nitro benzene ring substituents is 1. The van der Waals surface area contributed by atoms with Crippen molar-refractivity contribution in [2.24, 2.45) is 0 Å². The minimum absolute atomic E-state index is 0.0493. The van der Waals surface area contributed by atoms with E-state index >= 15 is 0 Å². The maximum Gasteiger partial charge on any atom is 0.311 e. The first-order valence-electron chi connectivity index (χ1n) is 9.05. The summed E-state index contributed by atoms with van der Waals surface area (Å²) in [5.41, 5.74) is 7.90. The summed E-state index contributed by atoms with van der Waals surface area (Å²) >= 11 is 0. The molecule has 28 heavy (non-hydrogen) atoms. The highest BCUT2D eigenvalue weighted by atomic mass is 16.6. The van der Waals surface area contributed by atoms with Crippen LogP contribution in [0, 0.1) is 10.1 Å². The van der Waals surface area contributed by atoms with E-state index in [0.29, 0.717) is 29.4 Å². The van der Waals surface area contributed by atoms with Gasteiger partial charge in [-0.05, 0) is 18.4 Å². The minimum Gasteiger partial charge on any atom is -0.487 e. The normalized spacial score (nSPS) is 12.1. The van der Waals surface area contributed by atoms with Crippen LogP contribution >= 0.6 is 0 Å². The Balaban J connectivity index is 2.08. The maximum absolute atomic E-state index is 11.6. The first-order valence-corrected chi connectivity index (χ1v) is 9.05. The number of aromatic nitrogens is 2. The van der Waals surface area contributed by atoms with Gasteiger partial charge in [0.1, 0.15) is 0 Å². The molecule has 0 amide bonds. The van der Waals surface area contributed by atoms with Crippen molar-refractivity contribution in [3.8, 4) is 5.75 Å². The van der Waals surface area contributed by atoms with Gasteiger partial charge in [-0.25, -0.2) is 9.97 Å². The lowest BCUT2D eigenvalue weighted by molar-refractivity contribution is -0.385. The number of hydrogen-bond acceptors (Lipinski definition) is 7. The molecule has 1 unspecified atom stereocenters. The highest BCUT2D eigenvalue weighted by molar-refractivity contribution is 5.87. The highest BCUT2D eigenvalue weighted by Crippen LogP contribution is 2.36. The third kappa shape index (κ3) is 4.17. The molecule has 1 heterocycles. The summed E-state index contributed by atoms with van der Waals surface area (Å²) in [6.45, 7) is 2.29. The van der Waals surface area contributed by atoms with E-state index in [0.717, 1.165) is 5.56 Å². The summed E-state index contributed by atoms with van der Waals surface area (Å²) in [5, 5.41) is 21.0. The van der Waals surface area contributed by atoms with Crippen LogP contribution in [0.1, 0.15) is 36.9 Å². The second-order valence-electron chi connectivity index (χ2n) is 6.47. The smallest absolute Gasteiger partial charge is 0.311 e. The van der Waals surface area contributed by atoms with Crippen molar-refractivity contribution in [1.29, 1.82) is 0 Å². The fraction of sp³-hybridized carbons (Fsp3) is 0.300. The Labute approximate surface area is 162 Å². The summed E-state index contributed by atoms with van der Waals surface area (Å²) in [6.07, 6.45) is 1.16. The van der Waals surface area contributed by atoms with Gasteiger partial charge in [0.2, 0.25) is 5.95 Å². The Hall–Kier alpha value is -3.26. The number of benzene rings is 2. The molecule has 1 aromatic heterocycles. The van der Waals surface area contributed by atoms with Crippen molar-refractivity contribution in [3.05, 3.63) is 63.8 Å². The molecule has 3 aromatic rings. The summed E-state index contributed by atoms with van der Waals surface area (Å²) in [4.78, 5) is 19.7. The Morgan fingerprint density at radius 1 is 1.21 bits per heavy atom. The molecule has 0 aliphatic carbocycles. The van der Waals surface area contributed by atoms with E-state index in [9.17, 15) is 10.1 Å². The zero-order valence-electron chi connectivity index (χ0n) is 15.5. The van der Waals surface area contributed by atoms with Crippen LogP contribution in [0.25, 0.3) is 10.9 Å². The fourth-order valence-electron chi connectivity index (χ4n) is 3.07. The van der Waals surface area contributed by atoms with Gasteiger partial charge in [-0.1, -0.05) is 37.3 Å². The topological polar surface area (TPSA) is 124 Å². The minimum atomic E-state index is -0.478. The Morgan fingerprint density at radius 2 is 1.96 bits per heavy atom. The van der Waals surface area contributed by atoms with E-state index in [4.69, 9.17) is 15.6 Å². The largest absolute Gasteiger partial charge is 0.487 e. The van der Waals surface area contributed by atoms with E-state index in [1.807, 2.05) is 37.3 Å². The van der Waals surface area contributed by atoms with Crippen LogP contribution in [0.5, 0.6) is 5.75 Å². The molecule has 0 saturated carbocycles. The zero-order valence-corrected chi connectivity index (χ0v) is 15.5. The zero-order chi connectivity index (χ0) is 20.1. The van der Waals surface area contributed by atoms with Gasteiger partial charge in [-0.2, -0.15) is 0 Å². The number of nitrogen functional groups attached to an aromatic ring is 1. The van der Waals surface area contributed by atoms with E-state index in [2.05, 4.69) is 9.97 Å². The number of anilines is 1. The fourth-order valence-corrected chi connectivity index (χ4v) is 3.07. The lowest BCUT2D eigenvalue weighted by Crippen LogP contribution is -2.07. The number of nitrogens with two attached hydrogens (primary N) is 1. The van der Waals surface area contributed by atoms with Gasteiger partial charge in [0.25, 0.3) is 0 Å². The standard InChI is InChI=1S/C20H22N4O4/c1-13(14-7-3-2-4-8-14)19-15-11-17(24(26)27)18(28-10-6-5-9-25)12-16(15)22-20(21)23-19/h2-4,7-8,11-13,25H,5-6,9-10H2,1H3,(H2,21,22,23). The van der Waals surface area contributed by atoms with Gasteiger partial charge < -0.3 is 15.6 Å². The number of fused-ring (bicyclic) bond motifs is 1. The van der Waals surface area contributed by atoms with Gasteiger partial charge in [0, 0.05) is 30.0 Å². The Morgan fingerprint density at radius 3 is 2.64 bits per heavy atom. The van der Waals surface area contributed by atoms with Crippen molar-refractivity contribution in [3.63, 3.8) is 0 Å². The SMILES string of the molecule is CC(c1ccccc1)c1nc(N)nc2cc(OCCCCO)c([N+](=O)[O-])cc12. The Bertz CT molecular complexity index is 979. The third-order valence-electron chi connectivity index (χ3n) is 4.54. The van der Waals surface area contributed by atoms with Gasteiger partial charge >= 0.3 is 5.69 Å². The molecule has 0 fully saturated rings. The highest BCUT2D eigenvalue weighted by Gasteiger charge is 2.22. The molecular formula is C20H22N4O4. The first kappa shape index (κ1) is 19.5. The average Bonchev–Trinajstić information content (AvgIpc) is 2.70. The summed E-state index contributed by atoms with van der Waals surface area (Å²) in [7, 11) is 0. The first-order chi connectivity index (χ1) is 13.5. The molecule has 2 aromatic carbocycles. The number of hydrogen-bond donors (Lipinski definition) is 2. The van der Waals surface area contributed by atoms with Crippen molar-refractivity contribution >= 4 is 22.5 Å². The molecule has 3 N–H and O–H groups in total. The number of aliphatic hydroxyl groups is 1. The number of nitrogens with zero attached hydrogens (tertiary/aromatic N) is 3. The molecule has 0 saturated heterocycles. The Kier molecular flexibility index (Phi) is 6.00. The van der Waals surface area contributed by atoms with E-state index in [-0.39, 0.29) is 36.5 Å². The van der Waals surface area contributed by atoms with E-state index in [1.165, 1.54) is 12.1 Å². The van der Waals surface area contributed by atoms with Crippen LogP contribution < -0.4 is 10.5 Å². The maximum atomic E-state index is 11.6. The molecule has 0 radical (unpaired) electrons. The predicted octanol–water partition coefficient (Wildman–Crippen LogP) is 3.42. The van der Waals surface area contributed by atoms with E-state index < -0.39 is 4.92 Å². The van der Waals surface area contributed by atoms with Gasteiger partial charge in [-0.15, -0.1) is 0 Å². The van der Waals surface area contributed by atoms with Gasteiger partial charge in [0.05, 0.1) is 22.7 Å².